The summed E-state index contributed by atoms with van der Waals surface area (Å²) in [5.74, 6) is -0.225. The van der Waals surface area contributed by atoms with E-state index in [-0.39, 0.29) is 18.0 Å². The Kier molecular flexibility index (Phi) is 3.57. The van der Waals surface area contributed by atoms with Crippen molar-refractivity contribution in [3.63, 3.8) is 0 Å². The summed E-state index contributed by atoms with van der Waals surface area (Å²) < 4.78 is 0. The highest BCUT2D eigenvalue weighted by Crippen LogP contribution is 2.36. The van der Waals surface area contributed by atoms with Crippen molar-refractivity contribution in [3.05, 3.63) is 76.6 Å². The minimum atomic E-state index is -0.559. The molecule has 3 rings (SSSR count). The molecule has 0 atom stereocenters. The topological polar surface area (TPSA) is 75.5 Å². The molecule has 1 N–H and O–H groups in total. The first-order valence-corrected chi connectivity index (χ1v) is 6.73. The minimum Gasteiger partial charge on any atom is -0.352 e. The van der Waals surface area contributed by atoms with Gasteiger partial charge in [-0.1, -0.05) is 30.3 Å². The molecule has 2 aromatic carbocycles. The summed E-state index contributed by atoms with van der Waals surface area (Å²) in [6.45, 7) is 0. The van der Waals surface area contributed by atoms with Crippen LogP contribution < -0.4 is 10.2 Å². The van der Waals surface area contributed by atoms with Gasteiger partial charge in [-0.25, -0.2) is 0 Å². The van der Waals surface area contributed by atoms with Gasteiger partial charge in [0.2, 0.25) is 5.91 Å². The van der Waals surface area contributed by atoms with Gasteiger partial charge >= 0.3 is 0 Å². The van der Waals surface area contributed by atoms with E-state index in [9.17, 15) is 14.9 Å². The predicted molar refractivity (Wildman–Crippen MR) is 83.3 cm³/mol. The lowest BCUT2D eigenvalue weighted by Crippen LogP contribution is -2.24. The first-order chi connectivity index (χ1) is 10.6. The standard InChI is InChI=1S/C16H13N3O3/c20-16-10-12(11-18(21)22)17-14-8-4-5-9-15(14)19(16)13-6-2-1-3-7-13/h1-9,11,17H,10H2. The monoisotopic (exact) mass is 295 g/mol. The van der Waals surface area contributed by atoms with E-state index in [1.54, 1.807) is 11.0 Å². The van der Waals surface area contributed by atoms with Crippen LogP contribution in [0.15, 0.2) is 66.5 Å². The number of benzene rings is 2. The highest BCUT2D eigenvalue weighted by Gasteiger charge is 2.26. The van der Waals surface area contributed by atoms with E-state index in [1.807, 2.05) is 48.5 Å². The molecule has 0 saturated carbocycles. The quantitative estimate of drug-likeness (QED) is 0.681. The summed E-state index contributed by atoms with van der Waals surface area (Å²) in [6, 6.07) is 16.5. The normalized spacial score (nSPS) is 15.9. The zero-order valence-electron chi connectivity index (χ0n) is 11.6. The number of nitrogens with zero attached hydrogens (tertiary/aromatic N) is 2. The van der Waals surface area contributed by atoms with Crippen LogP contribution in [0.4, 0.5) is 17.1 Å². The third-order valence-electron chi connectivity index (χ3n) is 3.31. The Bertz CT molecular complexity index is 756. The zero-order chi connectivity index (χ0) is 15.5. The number of fused-ring (bicyclic) bond motifs is 1. The largest absolute Gasteiger partial charge is 0.352 e. The summed E-state index contributed by atoms with van der Waals surface area (Å²) in [7, 11) is 0. The molecule has 0 unspecified atom stereocenters. The van der Waals surface area contributed by atoms with Gasteiger partial charge in [-0.05, 0) is 24.3 Å². The second-order valence-corrected chi connectivity index (χ2v) is 4.82. The average Bonchev–Trinajstić information content (AvgIpc) is 2.62. The molecule has 1 amide bonds. The zero-order valence-corrected chi connectivity index (χ0v) is 11.6. The first-order valence-electron chi connectivity index (χ1n) is 6.73. The lowest BCUT2D eigenvalue weighted by molar-refractivity contribution is -0.403. The number of para-hydroxylation sites is 3. The number of hydrogen-bond acceptors (Lipinski definition) is 4. The van der Waals surface area contributed by atoms with E-state index in [2.05, 4.69) is 5.32 Å². The number of anilines is 3. The van der Waals surface area contributed by atoms with Crippen LogP contribution in [0.5, 0.6) is 0 Å². The molecule has 1 aliphatic rings. The Labute approximate surface area is 126 Å². The molecule has 0 spiro atoms. The van der Waals surface area contributed by atoms with Crippen LogP contribution in [0, 0.1) is 10.1 Å². The Balaban J connectivity index is 2.12. The van der Waals surface area contributed by atoms with E-state index in [4.69, 9.17) is 0 Å². The Morgan fingerprint density at radius 2 is 1.77 bits per heavy atom. The average molecular weight is 295 g/mol. The maximum absolute atomic E-state index is 12.6. The van der Waals surface area contributed by atoms with Crippen molar-refractivity contribution in [2.45, 2.75) is 6.42 Å². The highest BCUT2D eigenvalue weighted by molar-refractivity contribution is 6.06. The fourth-order valence-electron chi connectivity index (χ4n) is 2.43. The van der Waals surface area contributed by atoms with Crippen LogP contribution in [0.2, 0.25) is 0 Å². The van der Waals surface area contributed by atoms with Crippen molar-refractivity contribution < 1.29 is 9.72 Å². The lowest BCUT2D eigenvalue weighted by Gasteiger charge is -2.22. The summed E-state index contributed by atoms with van der Waals surface area (Å²) in [6.07, 6.45) is 0.772. The molecule has 6 nitrogen and oxygen atoms in total. The third kappa shape index (κ3) is 2.67. The molecule has 1 heterocycles. The molecule has 1 aliphatic heterocycles. The number of carbonyl (C=O) groups is 1. The van der Waals surface area contributed by atoms with Crippen LogP contribution in [-0.2, 0) is 4.79 Å². The van der Waals surface area contributed by atoms with E-state index < -0.39 is 4.92 Å². The number of rotatable bonds is 2. The molecule has 0 fully saturated rings. The molecule has 110 valence electrons. The van der Waals surface area contributed by atoms with Gasteiger partial charge in [0.15, 0.2) is 0 Å². The first kappa shape index (κ1) is 13.8. The van der Waals surface area contributed by atoms with Gasteiger partial charge in [0, 0.05) is 5.69 Å². The van der Waals surface area contributed by atoms with E-state index in [0.717, 1.165) is 11.9 Å². The number of nitro groups is 1. The van der Waals surface area contributed by atoms with Crippen molar-refractivity contribution in [3.8, 4) is 0 Å². The fraction of sp³-hybridized carbons (Fsp3) is 0.0625. The number of carbonyl (C=O) groups excluding carboxylic acids is 1. The van der Waals surface area contributed by atoms with E-state index in [1.165, 1.54) is 0 Å². The van der Waals surface area contributed by atoms with Crippen molar-refractivity contribution in [1.82, 2.24) is 0 Å². The van der Waals surface area contributed by atoms with Gasteiger partial charge in [0.25, 0.3) is 6.20 Å². The van der Waals surface area contributed by atoms with Crippen molar-refractivity contribution in [1.29, 1.82) is 0 Å². The Hall–Kier alpha value is -3.15. The van der Waals surface area contributed by atoms with Gasteiger partial charge in [-0.2, -0.15) is 0 Å². The van der Waals surface area contributed by atoms with Crippen molar-refractivity contribution >= 4 is 23.0 Å². The smallest absolute Gasteiger partial charge is 0.254 e. The summed E-state index contributed by atoms with van der Waals surface area (Å²) >= 11 is 0. The second-order valence-electron chi connectivity index (χ2n) is 4.82. The molecule has 6 heteroatoms. The molecule has 22 heavy (non-hydrogen) atoms. The second kappa shape index (κ2) is 5.69. The van der Waals surface area contributed by atoms with Gasteiger partial charge in [0.05, 0.1) is 28.4 Å². The van der Waals surface area contributed by atoms with E-state index >= 15 is 0 Å². The lowest BCUT2D eigenvalue weighted by atomic mass is 10.2. The number of nitrogens with one attached hydrogen (secondary N) is 1. The molecule has 0 saturated heterocycles. The molecule has 0 bridgehead atoms. The fourth-order valence-corrected chi connectivity index (χ4v) is 2.43. The van der Waals surface area contributed by atoms with Gasteiger partial charge < -0.3 is 5.32 Å². The summed E-state index contributed by atoms with van der Waals surface area (Å²) in [5, 5.41) is 13.7. The third-order valence-corrected chi connectivity index (χ3v) is 3.31. The van der Waals surface area contributed by atoms with Crippen LogP contribution in [0.3, 0.4) is 0 Å². The maximum atomic E-state index is 12.6. The molecule has 0 radical (unpaired) electrons. The molecular formula is C16H13N3O3. The maximum Gasteiger partial charge on any atom is 0.254 e. The van der Waals surface area contributed by atoms with Gasteiger partial charge in [-0.15, -0.1) is 0 Å². The van der Waals surface area contributed by atoms with Crippen LogP contribution >= 0.6 is 0 Å². The van der Waals surface area contributed by atoms with E-state index in [0.29, 0.717) is 11.4 Å². The predicted octanol–water partition coefficient (Wildman–Crippen LogP) is 3.29. The highest BCUT2D eigenvalue weighted by atomic mass is 16.6. The van der Waals surface area contributed by atoms with Crippen molar-refractivity contribution in [2.75, 3.05) is 10.2 Å². The summed E-state index contributed by atoms with van der Waals surface area (Å²) in [5.41, 5.74) is 2.32. The van der Waals surface area contributed by atoms with Crippen LogP contribution in [-0.4, -0.2) is 10.8 Å². The van der Waals surface area contributed by atoms with Crippen LogP contribution in [0.25, 0.3) is 0 Å². The Morgan fingerprint density at radius 3 is 2.50 bits per heavy atom. The summed E-state index contributed by atoms with van der Waals surface area (Å²) in [4.78, 5) is 24.3. The van der Waals surface area contributed by atoms with Crippen molar-refractivity contribution in [2.24, 2.45) is 0 Å². The van der Waals surface area contributed by atoms with Gasteiger partial charge in [-0.3, -0.25) is 19.8 Å². The molecule has 0 aliphatic carbocycles. The number of hydrogen-bond donors (Lipinski definition) is 1. The SMILES string of the molecule is O=C1CC(=C[N+](=O)[O-])Nc2ccccc2N1c1ccccc1. The van der Waals surface area contributed by atoms with Gasteiger partial charge in [0.1, 0.15) is 0 Å². The Morgan fingerprint density at radius 1 is 1.09 bits per heavy atom. The minimum absolute atomic E-state index is 0.0649. The molecule has 0 aromatic heterocycles. The van der Waals surface area contributed by atoms with Crippen LogP contribution in [0.1, 0.15) is 6.42 Å². The number of amides is 1. The molecule has 2 aromatic rings. The molecular weight excluding hydrogens is 282 g/mol.